The first-order valence-corrected chi connectivity index (χ1v) is 14.3. The lowest BCUT2D eigenvalue weighted by atomic mass is 9.83. The zero-order valence-electron chi connectivity index (χ0n) is 23.6. The minimum Gasteiger partial charge on any atom is -0.479 e. The average molecular weight is 558 g/mol. The Kier molecular flexibility index (Phi) is 10.1. The van der Waals surface area contributed by atoms with Gasteiger partial charge in [-0.15, -0.1) is 0 Å². The summed E-state index contributed by atoms with van der Waals surface area (Å²) in [4.78, 5) is 36.4. The second-order valence-corrected chi connectivity index (χ2v) is 11.0. The summed E-state index contributed by atoms with van der Waals surface area (Å²) in [6, 6.07) is 22.1. The number of hydrogen-bond donors (Lipinski definition) is 5. The molecular formula is C33H39N3O5. The number of carbonyl (C=O) groups excluding carboxylic acids is 2. The van der Waals surface area contributed by atoms with Crippen LogP contribution in [0.5, 0.6) is 0 Å². The van der Waals surface area contributed by atoms with Gasteiger partial charge >= 0.3 is 12.0 Å². The van der Waals surface area contributed by atoms with Crippen LogP contribution in [0.4, 0.5) is 10.5 Å². The molecule has 3 aromatic rings. The molecule has 0 heterocycles. The quantitative estimate of drug-likeness (QED) is 0.211. The lowest BCUT2D eigenvalue weighted by Crippen LogP contribution is -2.36. The number of rotatable bonds is 10. The van der Waals surface area contributed by atoms with Crippen LogP contribution in [-0.2, 0) is 4.79 Å². The summed E-state index contributed by atoms with van der Waals surface area (Å²) >= 11 is 0. The molecule has 1 fully saturated rings. The number of carbonyl (C=O) groups is 3. The number of aliphatic hydroxyl groups excluding tert-OH is 1. The molecule has 3 amide bonds. The van der Waals surface area contributed by atoms with E-state index >= 15 is 0 Å². The molecule has 41 heavy (non-hydrogen) atoms. The van der Waals surface area contributed by atoms with Crippen molar-refractivity contribution in [3.8, 4) is 0 Å². The van der Waals surface area contributed by atoms with E-state index in [-0.39, 0.29) is 6.03 Å². The molecule has 4 rings (SSSR count). The lowest BCUT2D eigenvalue weighted by molar-refractivity contribution is -0.146. The minimum absolute atomic E-state index is 0.312. The molecule has 8 heteroatoms. The molecular weight excluding hydrogens is 518 g/mol. The second-order valence-electron chi connectivity index (χ2n) is 11.0. The zero-order valence-corrected chi connectivity index (χ0v) is 23.6. The van der Waals surface area contributed by atoms with E-state index in [4.69, 9.17) is 5.11 Å². The van der Waals surface area contributed by atoms with Gasteiger partial charge in [0.1, 0.15) is 0 Å². The molecule has 0 radical (unpaired) electrons. The maximum atomic E-state index is 13.1. The van der Waals surface area contributed by atoms with Crippen molar-refractivity contribution in [1.82, 2.24) is 10.6 Å². The zero-order chi connectivity index (χ0) is 29.4. The van der Waals surface area contributed by atoms with Crippen LogP contribution in [0.3, 0.4) is 0 Å². The van der Waals surface area contributed by atoms with E-state index in [1.165, 1.54) is 43.2 Å². The Morgan fingerprint density at radius 3 is 1.93 bits per heavy atom. The molecule has 2 atom stereocenters. The third kappa shape index (κ3) is 8.17. The van der Waals surface area contributed by atoms with Crippen LogP contribution in [-0.4, -0.2) is 40.8 Å². The van der Waals surface area contributed by atoms with E-state index in [0.717, 1.165) is 11.1 Å². The van der Waals surface area contributed by atoms with Crippen molar-refractivity contribution in [2.24, 2.45) is 0 Å². The lowest BCUT2D eigenvalue weighted by Gasteiger charge is -2.24. The summed E-state index contributed by atoms with van der Waals surface area (Å²) in [6.45, 7) is 3.84. The fraction of sp³-hybridized carbons (Fsp3) is 0.364. The molecule has 0 aromatic heterocycles. The first-order valence-electron chi connectivity index (χ1n) is 14.3. The summed E-state index contributed by atoms with van der Waals surface area (Å²) < 4.78 is 0. The van der Waals surface area contributed by atoms with Gasteiger partial charge in [0.15, 0.2) is 6.10 Å². The van der Waals surface area contributed by atoms with Gasteiger partial charge in [-0.05, 0) is 71.2 Å². The van der Waals surface area contributed by atoms with E-state index in [9.17, 15) is 19.5 Å². The van der Waals surface area contributed by atoms with Crippen LogP contribution in [0, 0.1) is 0 Å². The second kappa shape index (κ2) is 13.9. The molecule has 0 saturated heterocycles. The van der Waals surface area contributed by atoms with E-state index in [1.54, 1.807) is 24.3 Å². The average Bonchev–Trinajstić information content (AvgIpc) is 2.99. The van der Waals surface area contributed by atoms with Crippen LogP contribution in [0.25, 0.3) is 0 Å². The van der Waals surface area contributed by atoms with Crippen LogP contribution in [0.2, 0.25) is 0 Å². The van der Waals surface area contributed by atoms with E-state index in [2.05, 4.69) is 54.1 Å². The van der Waals surface area contributed by atoms with Gasteiger partial charge in [-0.1, -0.05) is 81.6 Å². The maximum absolute atomic E-state index is 13.1. The molecule has 0 aliphatic heterocycles. The predicted molar refractivity (Wildman–Crippen MR) is 159 cm³/mol. The number of carboxylic acid groups (broad SMARTS) is 1. The number of benzene rings is 3. The fourth-order valence-corrected chi connectivity index (χ4v) is 5.21. The largest absolute Gasteiger partial charge is 0.479 e. The van der Waals surface area contributed by atoms with Gasteiger partial charge in [0, 0.05) is 11.3 Å². The Bertz CT molecular complexity index is 1310. The fourth-order valence-electron chi connectivity index (χ4n) is 5.21. The highest BCUT2D eigenvalue weighted by Gasteiger charge is 2.21. The standard InChI is InChI=1S/C33H39N3O5/c1-21(2)22-16-18-28(19-17-22)35-33(41)36-30(25-10-8-24(9-11-25)23-6-4-3-5-7-23)26-12-14-27(15-13-26)31(38)34-20-29(37)32(39)40/h8-19,21,23,29-30,37H,3-7,20H2,1-2H3,(H,34,38)(H,39,40)(H2,35,36,41). The Morgan fingerprint density at radius 2 is 1.37 bits per heavy atom. The van der Waals surface area contributed by atoms with Gasteiger partial charge < -0.3 is 26.2 Å². The van der Waals surface area contributed by atoms with Gasteiger partial charge in [-0.25, -0.2) is 9.59 Å². The molecule has 1 aliphatic carbocycles. The molecule has 5 N–H and O–H groups in total. The number of carboxylic acids is 1. The summed E-state index contributed by atoms with van der Waals surface area (Å²) in [7, 11) is 0. The van der Waals surface area contributed by atoms with Crippen molar-refractivity contribution in [2.75, 3.05) is 11.9 Å². The summed E-state index contributed by atoms with van der Waals surface area (Å²) in [5.41, 5.74) is 5.20. The molecule has 3 aromatic carbocycles. The van der Waals surface area contributed by atoms with Crippen LogP contribution < -0.4 is 16.0 Å². The Morgan fingerprint density at radius 1 is 0.805 bits per heavy atom. The third-order valence-corrected chi connectivity index (χ3v) is 7.70. The van der Waals surface area contributed by atoms with Crippen molar-refractivity contribution >= 4 is 23.6 Å². The molecule has 2 unspecified atom stereocenters. The summed E-state index contributed by atoms with van der Waals surface area (Å²) in [6.07, 6.45) is 4.53. The van der Waals surface area contributed by atoms with E-state index < -0.39 is 30.6 Å². The molecule has 1 saturated carbocycles. The highest BCUT2D eigenvalue weighted by molar-refractivity contribution is 5.94. The van der Waals surface area contributed by atoms with Gasteiger partial charge in [0.2, 0.25) is 0 Å². The summed E-state index contributed by atoms with van der Waals surface area (Å²) in [5, 5.41) is 26.7. The molecule has 0 spiro atoms. The maximum Gasteiger partial charge on any atom is 0.334 e. The van der Waals surface area contributed by atoms with Crippen molar-refractivity contribution in [3.05, 3.63) is 101 Å². The highest BCUT2D eigenvalue weighted by Crippen LogP contribution is 2.33. The van der Waals surface area contributed by atoms with Crippen molar-refractivity contribution in [2.45, 2.75) is 69.9 Å². The van der Waals surface area contributed by atoms with Crippen molar-refractivity contribution in [1.29, 1.82) is 0 Å². The number of hydrogen-bond acceptors (Lipinski definition) is 4. The first kappa shape index (κ1) is 29.8. The van der Waals surface area contributed by atoms with Crippen LogP contribution in [0.15, 0.2) is 72.8 Å². The molecule has 216 valence electrons. The topological polar surface area (TPSA) is 128 Å². The summed E-state index contributed by atoms with van der Waals surface area (Å²) in [5.74, 6) is -0.941. The highest BCUT2D eigenvalue weighted by atomic mass is 16.4. The molecule has 1 aliphatic rings. The number of nitrogens with one attached hydrogen (secondary N) is 3. The number of amides is 3. The van der Waals surface area contributed by atoms with Crippen molar-refractivity contribution in [3.63, 3.8) is 0 Å². The van der Waals surface area contributed by atoms with E-state index in [0.29, 0.717) is 23.1 Å². The van der Waals surface area contributed by atoms with Gasteiger partial charge in [-0.2, -0.15) is 0 Å². The van der Waals surface area contributed by atoms with Gasteiger partial charge in [0.05, 0.1) is 12.6 Å². The Labute approximate surface area is 241 Å². The third-order valence-electron chi connectivity index (χ3n) is 7.70. The predicted octanol–water partition coefficient (Wildman–Crippen LogP) is 5.94. The van der Waals surface area contributed by atoms with Gasteiger partial charge in [-0.3, -0.25) is 4.79 Å². The number of aliphatic carboxylic acids is 1. The monoisotopic (exact) mass is 557 g/mol. The Hall–Kier alpha value is -4.17. The Balaban J connectivity index is 1.52. The normalized spacial score (nSPS) is 15.1. The SMILES string of the molecule is CC(C)c1ccc(NC(=O)NC(c2ccc(C(=O)NCC(O)C(=O)O)cc2)c2ccc(C3CCCCC3)cc2)cc1. The molecule has 8 nitrogen and oxygen atoms in total. The number of anilines is 1. The van der Waals surface area contributed by atoms with Crippen LogP contribution >= 0.6 is 0 Å². The van der Waals surface area contributed by atoms with E-state index in [1.807, 2.05) is 24.3 Å². The minimum atomic E-state index is -1.68. The van der Waals surface area contributed by atoms with Gasteiger partial charge in [0.25, 0.3) is 5.91 Å². The number of aliphatic hydroxyl groups is 1. The van der Waals surface area contributed by atoms with Crippen LogP contribution in [0.1, 0.15) is 96.4 Å². The number of urea groups is 1. The molecule has 0 bridgehead atoms. The first-order chi connectivity index (χ1) is 19.7. The van der Waals surface area contributed by atoms with Crippen molar-refractivity contribution < 1.29 is 24.6 Å². The smallest absolute Gasteiger partial charge is 0.334 e.